The summed E-state index contributed by atoms with van der Waals surface area (Å²) in [5.41, 5.74) is 1.84. The number of piperidine rings is 1. The van der Waals surface area contributed by atoms with E-state index in [4.69, 9.17) is 14.5 Å². The Hall–Kier alpha value is -5.23. The molecule has 0 aliphatic carbocycles. The van der Waals surface area contributed by atoms with E-state index in [0.717, 1.165) is 12.8 Å². The Morgan fingerprint density at radius 1 is 0.917 bits per heavy atom. The zero-order chi connectivity index (χ0) is 33.7. The molecule has 48 heavy (non-hydrogen) atoms. The maximum absolute atomic E-state index is 13.0. The van der Waals surface area contributed by atoms with Gasteiger partial charge in [0.2, 0.25) is 21.9 Å². The van der Waals surface area contributed by atoms with Gasteiger partial charge in [-0.05, 0) is 69.5 Å². The number of aromatic nitrogens is 3. The third kappa shape index (κ3) is 8.18. The van der Waals surface area contributed by atoms with Gasteiger partial charge in [-0.1, -0.05) is 54.6 Å². The molecule has 0 spiro atoms. The van der Waals surface area contributed by atoms with Crippen molar-refractivity contribution in [2.45, 2.75) is 51.0 Å². The molecule has 3 aromatic carbocycles. The molecule has 5 aromatic rings. The Bertz CT molecular complexity index is 2020. The van der Waals surface area contributed by atoms with Crippen LogP contribution in [-0.4, -0.2) is 59.1 Å². The molecule has 0 bridgehead atoms. The highest BCUT2D eigenvalue weighted by atomic mass is 32.2. The van der Waals surface area contributed by atoms with E-state index in [9.17, 15) is 13.2 Å². The molecule has 2 N–H and O–H groups in total. The van der Waals surface area contributed by atoms with Gasteiger partial charge in [0.25, 0.3) is 0 Å². The molecule has 1 atom stereocenters. The predicted octanol–water partition coefficient (Wildman–Crippen LogP) is 7.24. The minimum Gasteiger partial charge on any atom is -0.444 e. The fraction of sp³-hybridized carbons (Fsp3) is 0.278. The third-order valence-corrected chi connectivity index (χ3v) is 8.91. The zero-order valence-electron chi connectivity index (χ0n) is 27.1. The van der Waals surface area contributed by atoms with Gasteiger partial charge in [-0.15, -0.1) is 0 Å². The van der Waals surface area contributed by atoms with Crippen LogP contribution in [0.4, 0.5) is 16.4 Å². The highest BCUT2D eigenvalue weighted by Crippen LogP contribution is 2.36. The molecule has 0 saturated carbocycles. The lowest BCUT2D eigenvalue weighted by molar-refractivity contribution is 0.0206. The maximum atomic E-state index is 13.0. The molecular formula is C36H38N6O5S. The minimum atomic E-state index is -3.67. The van der Waals surface area contributed by atoms with Crippen LogP contribution >= 0.6 is 0 Å². The number of carbonyl (C=O) groups excluding carboxylic acids is 1. The molecule has 6 rings (SSSR count). The van der Waals surface area contributed by atoms with E-state index in [2.05, 4.69) is 20.0 Å². The molecule has 1 fully saturated rings. The number of hydrogen-bond donors (Lipinski definition) is 2. The molecular weight excluding hydrogens is 628 g/mol. The van der Waals surface area contributed by atoms with Crippen molar-refractivity contribution in [1.29, 1.82) is 0 Å². The van der Waals surface area contributed by atoms with Crippen LogP contribution in [0.25, 0.3) is 22.0 Å². The Labute approximate surface area is 280 Å². The van der Waals surface area contributed by atoms with Crippen molar-refractivity contribution in [3.63, 3.8) is 0 Å². The summed E-state index contributed by atoms with van der Waals surface area (Å²) in [5, 5.41) is 4.78. The van der Waals surface area contributed by atoms with Crippen molar-refractivity contribution in [1.82, 2.24) is 19.9 Å². The quantitative estimate of drug-likeness (QED) is 0.167. The Balaban J connectivity index is 1.21. The first-order valence-corrected chi connectivity index (χ1v) is 17.5. The number of hydrogen-bond acceptors (Lipinski definition) is 9. The molecule has 3 heterocycles. The number of nitrogens with zero attached hydrogens (tertiary/aromatic N) is 4. The van der Waals surface area contributed by atoms with Gasteiger partial charge in [-0.3, -0.25) is 4.72 Å². The lowest BCUT2D eigenvalue weighted by Gasteiger charge is -2.34. The number of pyridine rings is 1. The lowest BCUT2D eigenvalue weighted by atomic mass is 10.1. The van der Waals surface area contributed by atoms with Crippen LogP contribution in [0.5, 0.6) is 11.6 Å². The van der Waals surface area contributed by atoms with E-state index < -0.39 is 15.6 Å². The van der Waals surface area contributed by atoms with Gasteiger partial charge in [0.1, 0.15) is 11.4 Å². The van der Waals surface area contributed by atoms with E-state index in [0.29, 0.717) is 63.9 Å². The number of fused-ring (bicyclic) bond motifs is 1. The van der Waals surface area contributed by atoms with Crippen molar-refractivity contribution in [3.05, 3.63) is 103 Å². The Morgan fingerprint density at radius 3 is 2.52 bits per heavy atom. The number of likely N-dealkylation sites (tertiary alicyclic amines) is 1. The number of rotatable bonds is 9. The van der Waals surface area contributed by atoms with Crippen LogP contribution in [0.1, 0.15) is 39.2 Å². The minimum absolute atomic E-state index is 0.0406. The molecule has 11 nitrogen and oxygen atoms in total. The number of nitrogens with one attached hydrogen (secondary N) is 2. The first-order chi connectivity index (χ1) is 23.0. The van der Waals surface area contributed by atoms with Crippen molar-refractivity contribution in [2.24, 2.45) is 0 Å². The first-order valence-electron chi connectivity index (χ1n) is 15.8. The third-order valence-electron chi connectivity index (χ3n) is 7.66. The van der Waals surface area contributed by atoms with Gasteiger partial charge < -0.3 is 19.7 Å². The SMILES string of the molecule is CC(C)(C)OC(=O)N1CCC[C@H](Nc2nccc(-c3cccnc3Oc3cccc4c(NS(=O)(=O)Cc5ccccc5)cccc34)n2)C1. The summed E-state index contributed by atoms with van der Waals surface area (Å²) in [5.74, 6) is 1.12. The number of sulfonamides is 1. The van der Waals surface area contributed by atoms with Crippen LogP contribution in [0.2, 0.25) is 0 Å². The maximum Gasteiger partial charge on any atom is 0.410 e. The summed E-state index contributed by atoms with van der Waals surface area (Å²) in [4.78, 5) is 28.1. The van der Waals surface area contributed by atoms with Crippen molar-refractivity contribution in [2.75, 3.05) is 23.1 Å². The van der Waals surface area contributed by atoms with Crippen molar-refractivity contribution < 1.29 is 22.7 Å². The topological polar surface area (TPSA) is 136 Å². The van der Waals surface area contributed by atoms with Gasteiger partial charge in [-0.25, -0.2) is 28.2 Å². The van der Waals surface area contributed by atoms with Crippen LogP contribution in [0.3, 0.4) is 0 Å². The van der Waals surface area contributed by atoms with Gasteiger partial charge in [0.05, 0.1) is 22.7 Å². The smallest absolute Gasteiger partial charge is 0.410 e. The second kappa shape index (κ2) is 13.9. The number of carbonyl (C=O) groups is 1. The van der Waals surface area contributed by atoms with E-state index in [-0.39, 0.29) is 17.9 Å². The molecule has 2 aromatic heterocycles. The molecule has 248 valence electrons. The Morgan fingerprint density at radius 2 is 1.71 bits per heavy atom. The van der Waals surface area contributed by atoms with Crippen LogP contribution in [0, 0.1) is 0 Å². The summed E-state index contributed by atoms with van der Waals surface area (Å²) in [6.07, 6.45) is 4.67. The molecule has 1 amide bonds. The first kappa shape index (κ1) is 32.7. The summed E-state index contributed by atoms with van der Waals surface area (Å²) >= 11 is 0. The summed E-state index contributed by atoms with van der Waals surface area (Å²) in [7, 11) is -3.67. The highest BCUT2D eigenvalue weighted by Gasteiger charge is 2.28. The average Bonchev–Trinajstić information content (AvgIpc) is 3.05. The number of benzene rings is 3. The van der Waals surface area contributed by atoms with E-state index in [1.807, 2.05) is 69.3 Å². The second-order valence-corrected chi connectivity index (χ2v) is 14.4. The normalized spacial score (nSPS) is 15.1. The van der Waals surface area contributed by atoms with E-state index >= 15 is 0 Å². The molecule has 1 aliphatic rings. The van der Waals surface area contributed by atoms with Gasteiger partial charge in [0.15, 0.2) is 0 Å². The van der Waals surface area contributed by atoms with Crippen molar-refractivity contribution in [3.8, 4) is 22.9 Å². The van der Waals surface area contributed by atoms with E-state index in [1.54, 1.807) is 53.7 Å². The predicted molar refractivity (Wildman–Crippen MR) is 186 cm³/mol. The summed E-state index contributed by atoms with van der Waals surface area (Å²) in [6.45, 7) is 6.69. The molecule has 0 unspecified atom stereocenters. The number of anilines is 2. The molecule has 1 saturated heterocycles. The largest absolute Gasteiger partial charge is 0.444 e. The van der Waals surface area contributed by atoms with E-state index in [1.165, 1.54) is 0 Å². The second-order valence-electron chi connectivity index (χ2n) is 12.6. The van der Waals surface area contributed by atoms with Gasteiger partial charge in [-0.2, -0.15) is 0 Å². The van der Waals surface area contributed by atoms with Crippen LogP contribution in [-0.2, 0) is 20.5 Å². The molecule has 12 heteroatoms. The highest BCUT2D eigenvalue weighted by molar-refractivity contribution is 7.91. The van der Waals surface area contributed by atoms with Crippen LogP contribution < -0.4 is 14.8 Å². The zero-order valence-corrected chi connectivity index (χ0v) is 27.9. The molecule has 1 aliphatic heterocycles. The monoisotopic (exact) mass is 666 g/mol. The number of amides is 1. The lowest BCUT2D eigenvalue weighted by Crippen LogP contribution is -2.47. The fourth-order valence-corrected chi connectivity index (χ4v) is 6.79. The standard InChI is InChI=1S/C36H38N6O5S/c1-36(2,3)47-35(43)42-22-10-13-26(23-42)39-34-38-21-19-30(40-34)29-16-9-20-37-33(29)46-32-18-8-14-27-28(32)15-7-17-31(27)41-48(44,45)24-25-11-5-4-6-12-25/h4-9,11-12,14-21,26,41H,10,13,22-24H2,1-3H3,(H,38,39,40)/t26-/m0/s1. The average molecular weight is 667 g/mol. The van der Waals surface area contributed by atoms with Gasteiger partial charge in [0, 0.05) is 42.3 Å². The Kier molecular flexibility index (Phi) is 9.44. The number of ether oxygens (including phenoxy) is 2. The summed E-state index contributed by atoms with van der Waals surface area (Å²) in [6, 6.07) is 25.3. The van der Waals surface area contributed by atoms with Crippen molar-refractivity contribution >= 4 is 38.5 Å². The fourth-order valence-electron chi connectivity index (χ4n) is 5.58. The van der Waals surface area contributed by atoms with Crippen LogP contribution in [0.15, 0.2) is 97.3 Å². The molecule has 0 radical (unpaired) electrons. The summed E-state index contributed by atoms with van der Waals surface area (Å²) < 4.78 is 40.8. The van der Waals surface area contributed by atoms with Gasteiger partial charge >= 0.3 is 6.09 Å².